The van der Waals surface area contributed by atoms with Crippen LogP contribution in [0.3, 0.4) is 0 Å². The number of benzene rings is 4. The second kappa shape index (κ2) is 28.4. The second-order valence-corrected chi connectivity index (χ2v) is 27.5. The molecule has 4 amide bonds. The number of rotatable bonds is 16. The number of ether oxygens (including phenoxy) is 2. The highest BCUT2D eigenvalue weighted by Gasteiger charge is 2.46. The fourth-order valence-electron chi connectivity index (χ4n) is 12.5. The molecule has 10 heterocycles. The largest absolute Gasteiger partial charge is 0.466 e. The number of fused-ring (bicyclic) bond motifs is 2. The lowest BCUT2D eigenvalue weighted by atomic mass is 9.95. The molecule has 4 aromatic heterocycles. The lowest BCUT2D eigenvalue weighted by Gasteiger charge is -2.38. The number of carbonyl (C=O) groups excluding carboxylic acids is 6. The number of ketones is 2. The first-order chi connectivity index (χ1) is 47.2. The minimum Gasteiger partial charge on any atom is -0.466 e. The molecular formula is C66H56Cl2F4N14O8S4. The number of methoxy groups -OCH3 is 2. The Morgan fingerprint density at radius 1 is 0.582 bits per heavy atom. The molecule has 32 heteroatoms. The van der Waals surface area contributed by atoms with Crippen LogP contribution < -0.4 is 20.4 Å². The molecule has 4 aromatic carbocycles. The highest BCUT2D eigenvalue weighted by atomic mass is 35.5. The minimum absolute atomic E-state index is 0.00900. The summed E-state index contributed by atoms with van der Waals surface area (Å²) < 4.78 is 67.8. The molecule has 6 aliphatic heterocycles. The topological polar surface area (TPSA) is 241 Å². The Kier molecular flexibility index (Phi) is 19.5. The van der Waals surface area contributed by atoms with Crippen LogP contribution in [0.4, 0.5) is 37.4 Å². The van der Waals surface area contributed by atoms with Gasteiger partial charge in [0, 0.05) is 136 Å². The van der Waals surface area contributed by atoms with Crippen LogP contribution in [0.15, 0.2) is 139 Å². The van der Waals surface area contributed by atoms with Crippen molar-refractivity contribution in [2.45, 2.75) is 38.0 Å². The molecule has 4 saturated heterocycles. The average molecular weight is 1450 g/mol. The number of amidine groups is 2. The van der Waals surface area contributed by atoms with Gasteiger partial charge in [-0.05, 0) is 62.4 Å². The number of nitrogens with one attached hydrogen (secondary N) is 2. The number of urea groups is 2. The van der Waals surface area contributed by atoms with Crippen LogP contribution in [0.5, 0.6) is 0 Å². The van der Waals surface area contributed by atoms with Gasteiger partial charge in [-0.25, -0.2) is 56.7 Å². The first-order valence-corrected chi connectivity index (χ1v) is 34.7. The number of halogens is 6. The van der Waals surface area contributed by atoms with E-state index in [2.05, 4.69) is 40.4 Å². The van der Waals surface area contributed by atoms with Gasteiger partial charge in [-0.15, -0.1) is 45.3 Å². The first kappa shape index (κ1) is 67.4. The molecule has 98 heavy (non-hydrogen) atoms. The van der Waals surface area contributed by atoms with Gasteiger partial charge in [0.25, 0.3) is 0 Å². The van der Waals surface area contributed by atoms with Crippen molar-refractivity contribution in [3.63, 3.8) is 0 Å². The average Bonchev–Trinajstić information content (AvgIpc) is 1.34. The molecular weight excluding hydrogens is 1390 g/mol. The van der Waals surface area contributed by atoms with Crippen LogP contribution in [0, 0.1) is 23.3 Å². The summed E-state index contributed by atoms with van der Waals surface area (Å²) in [6.45, 7) is 6.92. The van der Waals surface area contributed by atoms with Crippen molar-refractivity contribution in [3.05, 3.63) is 195 Å². The number of hydrogen-bond acceptors (Lipinski definition) is 22. The summed E-state index contributed by atoms with van der Waals surface area (Å²) in [4.78, 5) is 116. The summed E-state index contributed by atoms with van der Waals surface area (Å²) in [6, 6.07) is 14.1. The third-order valence-electron chi connectivity index (χ3n) is 17.2. The molecule has 22 nitrogen and oxygen atoms in total. The van der Waals surface area contributed by atoms with E-state index in [0.29, 0.717) is 137 Å². The third-order valence-corrected chi connectivity index (χ3v) is 21.2. The van der Waals surface area contributed by atoms with E-state index in [9.17, 15) is 46.3 Å². The first-order valence-electron chi connectivity index (χ1n) is 30.4. The molecule has 0 spiro atoms. The maximum absolute atomic E-state index is 14.8. The molecule has 0 aliphatic carbocycles. The third kappa shape index (κ3) is 13.6. The van der Waals surface area contributed by atoms with Gasteiger partial charge in [0.15, 0.2) is 43.5 Å². The monoisotopic (exact) mass is 1450 g/mol. The molecule has 4 atom stereocenters. The number of Topliss-reactive ketones (excluding diaryl/α,β-unsaturated/α-hetero) is 2. The summed E-state index contributed by atoms with van der Waals surface area (Å²) in [6.07, 6.45) is 3.30. The molecule has 0 unspecified atom stereocenters. The van der Waals surface area contributed by atoms with Crippen molar-refractivity contribution in [1.29, 1.82) is 0 Å². The summed E-state index contributed by atoms with van der Waals surface area (Å²) >= 11 is 18.2. The number of anilines is 2. The van der Waals surface area contributed by atoms with E-state index in [-0.39, 0.29) is 73.6 Å². The Hall–Kier alpha value is -9.14. The predicted molar refractivity (Wildman–Crippen MR) is 364 cm³/mol. The number of piperazine rings is 2. The number of aliphatic imine (C=N–C) groups is 2. The van der Waals surface area contributed by atoms with Gasteiger partial charge in [0.2, 0.25) is 0 Å². The van der Waals surface area contributed by atoms with E-state index in [4.69, 9.17) is 42.7 Å². The molecule has 0 bridgehead atoms. The number of nitrogens with zero attached hydrogens (tertiary/aromatic N) is 12. The van der Waals surface area contributed by atoms with Crippen LogP contribution in [-0.4, -0.2) is 179 Å². The van der Waals surface area contributed by atoms with Crippen LogP contribution in [-0.2, 0) is 19.1 Å². The van der Waals surface area contributed by atoms with Crippen molar-refractivity contribution in [2.75, 3.05) is 89.5 Å². The number of aromatic nitrogens is 4. The maximum Gasteiger partial charge on any atom is 0.338 e. The number of hydrogen-bond donors (Lipinski definition) is 2. The van der Waals surface area contributed by atoms with Gasteiger partial charge in [0.1, 0.15) is 35.4 Å². The molecule has 4 fully saturated rings. The Bertz CT molecular complexity index is 4650. The lowest BCUT2D eigenvalue weighted by Crippen LogP contribution is -2.53. The predicted octanol–water partition coefficient (Wildman–Crippen LogP) is 11.1. The van der Waals surface area contributed by atoms with Gasteiger partial charge >= 0.3 is 24.0 Å². The zero-order valence-corrected chi connectivity index (χ0v) is 57.1. The summed E-state index contributed by atoms with van der Waals surface area (Å²) in [7, 11) is 2.57. The molecule has 8 aromatic rings. The van der Waals surface area contributed by atoms with Gasteiger partial charge in [-0.1, -0.05) is 47.5 Å². The van der Waals surface area contributed by atoms with Crippen LogP contribution >= 0.6 is 68.5 Å². The zero-order chi connectivity index (χ0) is 68.8. The Labute approximate surface area is 583 Å². The Morgan fingerprint density at radius 3 is 1.52 bits per heavy atom. The van der Waals surface area contributed by atoms with Gasteiger partial charge in [-0.2, -0.15) is 0 Å². The zero-order valence-electron chi connectivity index (χ0n) is 52.3. The van der Waals surface area contributed by atoms with Crippen LogP contribution in [0.1, 0.15) is 67.8 Å². The number of thiazole rings is 4. The van der Waals surface area contributed by atoms with Gasteiger partial charge in [-0.3, -0.25) is 39.2 Å². The maximum atomic E-state index is 14.8. The summed E-state index contributed by atoms with van der Waals surface area (Å²) in [5, 5.41) is 16.1. The van der Waals surface area contributed by atoms with Crippen LogP contribution in [0.2, 0.25) is 10.0 Å². The lowest BCUT2D eigenvalue weighted by molar-refractivity contribution is -0.137. The normalized spacial score (nSPS) is 19.5. The Balaban J connectivity index is 0.000000176. The fourth-order valence-corrected chi connectivity index (χ4v) is 15.8. The van der Waals surface area contributed by atoms with Gasteiger partial charge in [0.05, 0.1) is 67.5 Å². The van der Waals surface area contributed by atoms with E-state index in [1.165, 1.54) is 134 Å². The summed E-state index contributed by atoms with van der Waals surface area (Å²) in [5.41, 5.74) is 4.37. The SMILES string of the molecule is COC(=O)C1=C(CN2CCN3C(=O)N(c4nc(-c5ccc(C(C)=O)c(F)c5)cs4)C[C@@H]3C2)NC(c2nccs2)=N[C@H]1c1ccc(F)cc1Cl.COC(=O)C1=C(CN2CCN3C(=O)N(c4nc(-c5ccc(C(C)=O)cc5F)cs4)C[C@@H]3C2)NC(c2nccs2)=N[C@H]1c1ccc(F)cc1Cl. The number of amides is 4. The smallest absolute Gasteiger partial charge is 0.338 e. The van der Waals surface area contributed by atoms with Crippen molar-refractivity contribution < 1.29 is 55.8 Å². The van der Waals surface area contributed by atoms with E-state index in [1.54, 1.807) is 50.0 Å². The van der Waals surface area contributed by atoms with Crippen molar-refractivity contribution in [2.24, 2.45) is 9.98 Å². The molecule has 0 saturated carbocycles. The standard InChI is InChI=1S/2C33H28ClF2N7O4S2/c1-17(44)21-5-3-18(11-24(21)36)26-16-49-32(39-26)43-14-20-13-41(8-9-42(20)33(43)46)15-25-27(31(45)47-2)28(22-6-4-19(35)12-23(22)34)40-29(38-25)30-37-7-10-48-30;1-17(44)18-3-5-22(24(36)11-18)26-16-49-32(39-26)43-14-20-13-41(8-9-42(20)33(43)46)15-25-27(31(45)47-2)28(21-6-4-19(35)12-23(21)34)40-29(38-25)30-37-7-10-48-30/h2*3-7,10-12,16,20,28H,8-9,13-15H2,1-2H3,(H,38,40)/t2*20-,28-/m00/s1. The molecule has 14 rings (SSSR count). The van der Waals surface area contributed by atoms with E-state index < -0.39 is 47.3 Å². The number of carbonyl (C=O) groups is 6. The van der Waals surface area contributed by atoms with Gasteiger partial charge < -0.3 is 29.9 Å². The second-order valence-electron chi connectivity index (χ2n) is 23.3. The van der Waals surface area contributed by atoms with Crippen molar-refractivity contribution in [3.8, 4) is 22.5 Å². The quantitative estimate of drug-likeness (QED) is 0.0519. The van der Waals surface area contributed by atoms with Crippen molar-refractivity contribution in [1.82, 2.24) is 50.2 Å². The van der Waals surface area contributed by atoms with Crippen LogP contribution in [0.25, 0.3) is 22.5 Å². The summed E-state index contributed by atoms with van der Waals surface area (Å²) in [5.74, 6) is -3.14. The number of esters is 2. The fraction of sp³-hybridized carbons (Fsp3) is 0.273. The molecule has 504 valence electrons. The van der Waals surface area contributed by atoms with E-state index >= 15 is 0 Å². The Morgan fingerprint density at radius 2 is 1.08 bits per heavy atom. The highest BCUT2D eigenvalue weighted by Crippen LogP contribution is 2.41. The highest BCUT2D eigenvalue weighted by molar-refractivity contribution is 7.14. The molecule has 6 aliphatic rings. The molecule has 2 N–H and O–H groups in total. The minimum atomic E-state index is -0.886. The van der Waals surface area contributed by atoms with Crippen molar-refractivity contribution >= 4 is 126 Å². The van der Waals surface area contributed by atoms with E-state index in [0.717, 1.165) is 0 Å². The molecule has 0 radical (unpaired) electrons. The van der Waals surface area contributed by atoms with E-state index in [1.807, 2.05) is 15.7 Å².